The predicted molar refractivity (Wildman–Crippen MR) is 140 cm³/mol. The lowest BCUT2D eigenvalue weighted by Crippen LogP contribution is -2.47. The van der Waals surface area contributed by atoms with Gasteiger partial charge in [0, 0.05) is 17.8 Å². The molecule has 1 atom stereocenters. The summed E-state index contributed by atoms with van der Waals surface area (Å²) >= 11 is 0. The summed E-state index contributed by atoms with van der Waals surface area (Å²) in [4.78, 5) is 30.3. The van der Waals surface area contributed by atoms with Crippen molar-refractivity contribution < 1.29 is 19.1 Å². The van der Waals surface area contributed by atoms with Gasteiger partial charge >= 0.3 is 0 Å². The Kier molecular flexibility index (Phi) is 7.21. The molecule has 0 aliphatic heterocycles. The van der Waals surface area contributed by atoms with Crippen molar-refractivity contribution in [2.45, 2.75) is 58.2 Å². The Morgan fingerprint density at radius 2 is 1.87 bits per heavy atom. The fourth-order valence-corrected chi connectivity index (χ4v) is 4.76. The Morgan fingerprint density at radius 3 is 2.55 bits per heavy atom. The zero-order valence-corrected chi connectivity index (χ0v) is 21.4. The number of furan rings is 1. The van der Waals surface area contributed by atoms with Gasteiger partial charge in [0.05, 0.1) is 0 Å². The maximum Gasteiger partial charge on any atom is 0.251 e. The van der Waals surface area contributed by atoms with E-state index in [1.54, 1.807) is 24.3 Å². The summed E-state index contributed by atoms with van der Waals surface area (Å²) in [5.74, 6) is 0.659. The van der Waals surface area contributed by atoms with Crippen LogP contribution in [0.4, 0.5) is 5.69 Å². The third kappa shape index (κ3) is 5.59. The van der Waals surface area contributed by atoms with E-state index in [1.165, 1.54) is 21.8 Å². The van der Waals surface area contributed by atoms with Gasteiger partial charge in [0.2, 0.25) is 11.7 Å². The van der Waals surface area contributed by atoms with E-state index in [0.717, 1.165) is 31.2 Å². The fourth-order valence-electron chi connectivity index (χ4n) is 4.76. The molecule has 2 N–H and O–H groups in total. The lowest BCUT2D eigenvalue weighted by Gasteiger charge is -2.32. The normalized spacial score (nSPS) is 14.4. The molecule has 0 radical (unpaired) electrons. The topological polar surface area (TPSA) is 126 Å². The molecule has 1 aliphatic carbocycles. The molecule has 2 aromatic heterocycles. The predicted octanol–water partition coefficient (Wildman–Crippen LogP) is 4.09. The van der Waals surface area contributed by atoms with Crippen molar-refractivity contribution in [2.24, 2.45) is 0 Å². The molecular formula is C28H30N6O4. The van der Waals surface area contributed by atoms with Gasteiger partial charge in [-0.15, -0.1) is 10.2 Å². The molecule has 4 aromatic rings. The van der Waals surface area contributed by atoms with E-state index in [4.69, 9.17) is 4.42 Å². The Labute approximate surface area is 220 Å². The number of carbonyl (C=O) groups excluding carboxylic acids is 2. The summed E-state index contributed by atoms with van der Waals surface area (Å²) in [5.41, 5.74) is 2.07. The number of benzene rings is 2. The molecule has 10 heteroatoms. The number of hydrogen-bond donors (Lipinski definition) is 2. The molecule has 0 saturated heterocycles. The third-order valence-corrected chi connectivity index (χ3v) is 6.67. The summed E-state index contributed by atoms with van der Waals surface area (Å²) < 4.78 is 5.56. The molecule has 0 spiro atoms. The van der Waals surface area contributed by atoms with Crippen molar-refractivity contribution in [3.63, 3.8) is 0 Å². The highest BCUT2D eigenvalue weighted by Crippen LogP contribution is 2.31. The van der Waals surface area contributed by atoms with Crippen LogP contribution in [0.1, 0.15) is 48.6 Å². The fraction of sp³-hybridized carbons (Fsp3) is 0.321. The minimum atomic E-state index is -0.971. The van der Waals surface area contributed by atoms with Crippen LogP contribution in [0, 0.1) is 13.8 Å². The summed E-state index contributed by atoms with van der Waals surface area (Å²) in [7, 11) is 0. The van der Waals surface area contributed by atoms with Crippen LogP contribution in [-0.2, 0) is 16.1 Å². The molecule has 5 rings (SSSR count). The standard InChI is InChI=1S/C28H30N6O4/c1-18-10-13-20(14-11-18)26(28(37)29-21-6-3-4-7-21)34(22-8-5-9-23(35)16-22)25(36)17-33-31-27(30-32-33)24-15-12-19(2)38-24/h5,8-16,21,26,35H,3-4,6-7,17H2,1-2H3,(H,29,37)/t26-/m1/s1. The number of phenolic OH excluding ortho intramolecular Hbond substituents is 1. The Balaban J connectivity index is 1.51. The monoisotopic (exact) mass is 514 g/mol. The number of rotatable bonds is 8. The second kappa shape index (κ2) is 10.9. The van der Waals surface area contributed by atoms with E-state index >= 15 is 0 Å². The highest BCUT2D eigenvalue weighted by molar-refractivity contribution is 6.01. The van der Waals surface area contributed by atoms with E-state index < -0.39 is 11.9 Å². The molecule has 2 amide bonds. The van der Waals surface area contributed by atoms with Crippen molar-refractivity contribution in [1.82, 2.24) is 25.5 Å². The van der Waals surface area contributed by atoms with Gasteiger partial charge in [-0.2, -0.15) is 4.80 Å². The SMILES string of the molecule is Cc1ccc([C@H](C(=O)NC2CCCC2)N(C(=O)Cn2nnc(-c3ccc(C)o3)n2)c2cccc(O)c2)cc1. The van der Waals surface area contributed by atoms with E-state index in [2.05, 4.69) is 20.7 Å². The van der Waals surface area contributed by atoms with Gasteiger partial charge in [-0.05, 0) is 61.7 Å². The molecule has 2 aromatic carbocycles. The van der Waals surface area contributed by atoms with Crippen LogP contribution in [0.25, 0.3) is 11.6 Å². The second-order valence-electron chi connectivity index (χ2n) is 9.64. The highest BCUT2D eigenvalue weighted by atomic mass is 16.3. The smallest absolute Gasteiger partial charge is 0.251 e. The molecule has 2 heterocycles. The zero-order chi connectivity index (χ0) is 26.6. The number of nitrogens with zero attached hydrogens (tertiary/aromatic N) is 5. The molecule has 1 saturated carbocycles. The van der Waals surface area contributed by atoms with Crippen LogP contribution >= 0.6 is 0 Å². The number of aryl methyl sites for hydroxylation is 2. The van der Waals surface area contributed by atoms with Crippen LogP contribution < -0.4 is 10.2 Å². The first-order chi connectivity index (χ1) is 18.4. The molecule has 1 aliphatic rings. The Bertz CT molecular complexity index is 1420. The number of anilines is 1. The first kappa shape index (κ1) is 25.2. The molecule has 0 bridgehead atoms. The highest BCUT2D eigenvalue weighted by Gasteiger charge is 2.35. The first-order valence-electron chi connectivity index (χ1n) is 12.7. The lowest BCUT2D eigenvalue weighted by atomic mass is 10.0. The maximum atomic E-state index is 13.9. The average Bonchev–Trinajstić information content (AvgIpc) is 3.66. The largest absolute Gasteiger partial charge is 0.508 e. The molecule has 196 valence electrons. The number of carbonyl (C=O) groups is 2. The van der Waals surface area contributed by atoms with Crippen molar-refractivity contribution in [1.29, 1.82) is 0 Å². The lowest BCUT2D eigenvalue weighted by molar-refractivity contribution is -0.127. The van der Waals surface area contributed by atoms with Crippen LogP contribution in [0.15, 0.2) is 65.1 Å². The van der Waals surface area contributed by atoms with Gasteiger partial charge in [-0.1, -0.05) is 48.7 Å². The van der Waals surface area contributed by atoms with E-state index in [9.17, 15) is 14.7 Å². The van der Waals surface area contributed by atoms with Crippen molar-refractivity contribution >= 4 is 17.5 Å². The van der Waals surface area contributed by atoms with E-state index in [0.29, 0.717) is 22.8 Å². The van der Waals surface area contributed by atoms with E-state index in [1.807, 2.05) is 38.1 Å². The summed E-state index contributed by atoms with van der Waals surface area (Å²) in [6.45, 7) is 3.50. The van der Waals surface area contributed by atoms with Crippen LogP contribution in [0.2, 0.25) is 0 Å². The Hall–Kier alpha value is -4.47. The number of aromatic hydroxyl groups is 1. The van der Waals surface area contributed by atoms with Gasteiger partial charge < -0.3 is 14.8 Å². The summed E-state index contributed by atoms with van der Waals surface area (Å²) in [6.07, 6.45) is 3.93. The number of nitrogens with one attached hydrogen (secondary N) is 1. The molecular weight excluding hydrogens is 484 g/mol. The molecule has 38 heavy (non-hydrogen) atoms. The third-order valence-electron chi connectivity index (χ3n) is 6.67. The zero-order valence-electron chi connectivity index (χ0n) is 21.4. The number of hydrogen-bond acceptors (Lipinski definition) is 7. The average molecular weight is 515 g/mol. The number of phenols is 1. The molecule has 1 fully saturated rings. The quantitative estimate of drug-likeness (QED) is 0.363. The molecule has 0 unspecified atom stereocenters. The van der Waals surface area contributed by atoms with E-state index in [-0.39, 0.29) is 30.1 Å². The number of aromatic nitrogens is 4. The van der Waals surface area contributed by atoms with Gasteiger partial charge in [0.25, 0.3) is 5.91 Å². The Morgan fingerprint density at radius 1 is 1.11 bits per heavy atom. The minimum absolute atomic E-state index is 0.0199. The van der Waals surface area contributed by atoms with Gasteiger partial charge in [-0.25, -0.2) is 0 Å². The summed E-state index contributed by atoms with van der Waals surface area (Å²) in [5, 5.41) is 25.7. The van der Waals surface area contributed by atoms with Crippen LogP contribution in [-0.4, -0.2) is 43.2 Å². The first-order valence-corrected chi connectivity index (χ1v) is 12.7. The minimum Gasteiger partial charge on any atom is -0.508 e. The van der Waals surface area contributed by atoms with Gasteiger partial charge in [-0.3, -0.25) is 14.5 Å². The summed E-state index contributed by atoms with van der Waals surface area (Å²) in [6, 6.07) is 16.4. The van der Waals surface area contributed by atoms with Crippen molar-refractivity contribution in [3.8, 4) is 17.3 Å². The maximum absolute atomic E-state index is 13.9. The van der Waals surface area contributed by atoms with Crippen LogP contribution in [0.5, 0.6) is 5.75 Å². The van der Waals surface area contributed by atoms with Crippen molar-refractivity contribution in [2.75, 3.05) is 4.90 Å². The second-order valence-corrected chi connectivity index (χ2v) is 9.64. The van der Waals surface area contributed by atoms with Crippen molar-refractivity contribution in [3.05, 3.63) is 77.6 Å². The number of tetrazole rings is 1. The van der Waals surface area contributed by atoms with Crippen LogP contribution in [0.3, 0.4) is 0 Å². The number of amides is 2. The molecule has 10 nitrogen and oxygen atoms in total. The van der Waals surface area contributed by atoms with Gasteiger partial charge in [0.15, 0.2) is 5.76 Å². The van der Waals surface area contributed by atoms with Gasteiger partial charge in [0.1, 0.15) is 24.1 Å².